The third kappa shape index (κ3) is 4.44. The fourth-order valence-electron chi connectivity index (χ4n) is 1.82. The number of methoxy groups -OCH3 is 1. The Morgan fingerprint density at radius 3 is 2.67 bits per heavy atom. The van der Waals surface area contributed by atoms with E-state index in [9.17, 15) is 17.2 Å². The van der Waals surface area contributed by atoms with E-state index >= 15 is 0 Å². The van der Waals surface area contributed by atoms with Gasteiger partial charge < -0.3 is 10.1 Å². The molecular weight excluding hydrogens is 302 g/mol. The van der Waals surface area contributed by atoms with Crippen molar-refractivity contribution in [1.82, 2.24) is 10.0 Å². The largest absolute Gasteiger partial charge is 0.383 e. The van der Waals surface area contributed by atoms with Gasteiger partial charge in [0.25, 0.3) is 0 Å². The highest BCUT2D eigenvalue weighted by Crippen LogP contribution is 2.22. The van der Waals surface area contributed by atoms with E-state index in [1.165, 1.54) is 7.11 Å². The van der Waals surface area contributed by atoms with Crippen molar-refractivity contribution < 1.29 is 21.9 Å². The van der Waals surface area contributed by atoms with Gasteiger partial charge in [-0.3, -0.25) is 0 Å². The molecule has 0 spiro atoms. The maximum atomic E-state index is 13.8. The fraction of sp³-hybridized carbons (Fsp3) is 0.538. The van der Waals surface area contributed by atoms with Crippen molar-refractivity contribution in [1.29, 1.82) is 0 Å². The van der Waals surface area contributed by atoms with Crippen LogP contribution in [-0.2, 0) is 21.3 Å². The highest BCUT2D eigenvalue weighted by molar-refractivity contribution is 7.89. The van der Waals surface area contributed by atoms with E-state index in [4.69, 9.17) is 4.74 Å². The van der Waals surface area contributed by atoms with Crippen LogP contribution in [0.3, 0.4) is 0 Å². The first kappa shape index (κ1) is 16.3. The van der Waals surface area contributed by atoms with Crippen molar-refractivity contribution in [2.75, 3.05) is 20.3 Å². The molecule has 0 saturated heterocycles. The zero-order valence-corrected chi connectivity index (χ0v) is 12.5. The lowest BCUT2D eigenvalue weighted by Crippen LogP contribution is -2.28. The number of halogens is 2. The third-order valence-electron chi connectivity index (χ3n) is 3.11. The van der Waals surface area contributed by atoms with Gasteiger partial charge in [0.05, 0.1) is 6.61 Å². The number of benzene rings is 1. The summed E-state index contributed by atoms with van der Waals surface area (Å²) in [4.78, 5) is -0.675. The third-order valence-corrected chi connectivity index (χ3v) is 4.57. The van der Waals surface area contributed by atoms with Gasteiger partial charge in [-0.05, 0) is 30.5 Å². The molecule has 5 nitrogen and oxygen atoms in total. The highest BCUT2D eigenvalue weighted by atomic mass is 32.2. The Morgan fingerprint density at radius 1 is 1.33 bits per heavy atom. The Morgan fingerprint density at radius 2 is 2.05 bits per heavy atom. The van der Waals surface area contributed by atoms with Gasteiger partial charge in [0.15, 0.2) is 11.6 Å². The number of hydrogen-bond acceptors (Lipinski definition) is 4. The zero-order chi connectivity index (χ0) is 15.5. The fourth-order valence-corrected chi connectivity index (χ4v) is 2.97. The molecule has 1 aliphatic carbocycles. The Bertz CT molecular complexity index is 604. The number of sulfonamides is 1. The van der Waals surface area contributed by atoms with Crippen LogP contribution in [0.1, 0.15) is 18.4 Å². The number of ether oxygens (including phenoxy) is 1. The summed E-state index contributed by atoms with van der Waals surface area (Å²) in [5, 5.41) is 3.13. The van der Waals surface area contributed by atoms with Crippen LogP contribution >= 0.6 is 0 Å². The van der Waals surface area contributed by atoms with Crippen molar-refractivity contribution in [2.24, 2.45) is 0 Å². The molecule has 1 aromatic rings. The van der Waals surface area contributed by atoms with Gasteiger partial charge in [-0.15, -0.1) is 0 Å². The molecule has 1 aliphatic rings. The topological polar surface area (TPSA) is 67.4 Å². The standard InChI is InChI=1S/C13H18F2N2O3S/c1-20-5-4-17-21(18,19)12-7-9(6-11(14)13(12)15)8-16-10-2-3-10/h6-7,10,16-17H,2-5,8H2,1H3. The Kier molecular flexibility index (Phi) is 5.26. The van der Waals surface area contributed by atoms with Gasteiger partial charge in [-0.2, -0.15) is 0 Å². The minimum absolute atomic E-state index is 0.00948. The Hall–Kier alpha value is -1.09. The first-order valence-corrected chi connectivity index (χ1v) is 8.12. The van der Waals surface area contributed by atoms with Crippen LogP contribution in [0, 0.1) is 11.6 Å². The summed E-state index contributed by atoms with van der Waals surface area (Å²) in [6.45, 7) is 0.444. The molecule has 2 rings (SSSR count). The van der Waals surface area contributed by atoms with E-state index < -0.39 is 26.6 Å². The molecule has 118 valence electrons. The van der Waals surface area contributed by atoms with Crippen LogP contribution in [0.2, 0.25) is 0 Å². The Balaban J connectivity index is 2.19. The first-order chi connectivity index (χ1) is 9.94. The van der Waals surface area contributed by atoms with Gasteiger partial charge in [0.2, 0.25) is 10.0 Å². The molecule has 2 N–H and O–H groups in total. The molecule has 8 heteroatoms. The number of nitrogens with one attached hydrogen (secondary N) is 2. The van der Waals surface area contributed by atoms with Crippen molar-refractivity contribution in [2.45, 2.75) is 30.3 Å². The summed E-state index contributed by atoms with van der Waals surface area (Å²) in [7, 11) is -2.69. The molecule has 1 aromatic carbocycles. The van der Waals surface area contributed by atoms with Crippen LogP contribution in [0.4, 0.5) is 8.78 Å². The molecule has 0 aromatic heterocycles. The molecule has 0 atom stereocenters. The number of hydrogen-bond donors (Lipinski definition) is 2. The average molecular weight is 320 g/mol. The van der Waals surface area contributed by atoms with Gasteiger partial charge in [-0.1, -0.05) is 0 Å². The van der Waals surface area contributed by atoms with E-state index in [2.05, 4.69) is 10.0 Å². The summed E-state index contributed by atoms with van der Waals surface area (Å²) < 4.78 is 58.2. The second-order valence-corrected chi connectivity index (χ2v) is 6.67. The van der Waals surface area contributed by atoms with Crippen molar-refractivity contribution in [3.63, 3.8) is 0 Å². The molecule has 0 amide bonds. The summed E-state index contributed by atoms with van der Waals surface area (Å²) >= 11 is 0. The van der Waals surface area contributed by atoms with Crippen LogP contribution in [-0.4, -0.2) is 34.7 Å². The van der Waals surface area contributed by atoms with Crippen LogP contribution in [0.25, 0.3) is 0 Å². The summed E-state index contributed by atoms with van der Waals surface area (Å²) in [6, 6.07) is 2.56. The predicted octanol–water partition coefficient (Wildman–Crippen LogP) is 1.14. The maximum Gasteiger partial charge on any atom is 0.243 e. The van der Waals surface area contributed by atoms with E-state index in [-0.39, 0.29) is 13.2 Å². The van der Waals surface area contributed by atoms with Gasteiger partial charge in [-0.25, -0.2) is 21.9 Å². The highest BCUT2D eigenvalue weighted by Gasteiger charge is 2.24. The lowest BCUT2D eigenvalue weighted by atomic mass is 10.2. The van der Waals surface area contributed by atoms with Crippen molar-refractivity contribution >= 4 is 10.0 Å². The predicted molar refractivity (Wildman–Crippen MR) is 73.3 cm³/mol. The normalized spacial score (nSPS) is 15.4. The average Bonchev–Trinajstić information content (AvgIpc) is 3.24. The molecule has 0 radical (unpaired) electrons. The molecule has 21 heavy (non-hydrogen) atoms. The van der Waals surface area contributed by atoms with Crippen molar-refractivity contribution in [3.8, 4) is 0 Å². The van der Waals surface area contributed by atoms with E-state index in [1.807, 2.05) is 0 Å². The smallest absolute Gasteiger partial charge is 0.243 e. The molecular formula is C13H18F2N2O3S. The quantitative estimate of drug-likeness (QED) is 0.705. The number of rotatable bonds is 8. The lowest BCUT2D eigenvalue weighted by Gasteiger charge is -2.10. The molecule has 1 saturated carbocycles. The lowest BCUT2D eigenvalue weighted by molar-refractivity contribution is 0.204. The second kappa shape index (κ2) is 6.78. The monoisotopic (exact) mass is 320 g/mol. The minimum Gasteiger partial charge on any atom is -0.383 e. The van der Waals surface area contributed by atoms with E-state index in [0.29, 0.717) is 18.2 Å². The van der Waals surface area contributed by atoms with Gasteiger partial charge >= 0.3 is 0 Å². The Labute approximate surface area is 122 Å². The zero-order valence-electron chi connectivity index (χ0n) is 11.7. The molecule has 0 aliphatic heterocycles. The van der Waals surface area contributed by atoms with Crippen LogP contribution in [0.5, 0.6) is 0 Å². The summed E-state index contributed by atoms with van der Waals surface area (Å²) in [5.41, 5.74) is 0.396. The molecule has 0 unspecified atom stereocenters. The van der Waals surface area contributed by atoms with Gasteiger partial charge in [0.1, 0.15) is 4.90 Å². The van der Waals surface area contributed by atoms with Crippen LogP contribution in [0.15, 0.2) is 17.0 Å². The first-order valence-electron chi connectivity index (χ1n) is 6.64. The van der Waals surface area contributed by atoms with Crippen molar-refractivity contribution in [3.05, 3.63) is 29.3 Å². The maximum absolute atomic E-state index is 13.8. The second-order valence-electron chi connectivity index (χ2n) is 4.94. The van der Waals surface area contributed by atoms with Crippen LogP contribution < -0.4 is 10.0 Å². The minimum atomic E-state index is -4.10. The van der Waals surface area contributed by atoms with Gasteiger partial charge in [0, 0.05) is 26.2 Å². The summed E-state index contributed by atoms with van der Waals surface area (Å²) in [6.07, 6.45) is 2.10. The van der Waals surface area contributed by atoms with E-state index in [0.717, 1.165) is 25.0 Å². The SMILES string of the molecule is COCCNS(=O)(=O)c1cc(CNC2CC2)cc(F)c1F. The summed E-state index contributed by atoms with van der Waals surface area (Å²) in [5.74, 6) is -2.53. The molecule has 0 heterocycles. The molecule has 0 bridgehead atoms. The molecule has 1 fully saturated rings. The van der Waals surface area contributed by atoms with E-state index in [1.54, 1.807) is 0 Å².